The Bertz CT molecular complexity index is 642. The smallest absolute Gasteiger partial charge is 0.249 e. The molecule has 5 nitrogen and oxygen atoms in total. The van der Waals surface area contributed by atoms with E-state index in [2.05, 4.69) is 14.9 Å². The molecular weight excluding hydrogens is 254 g/mol. The van der Waals surface area contributed by atoms with Crippen LogP contribution in [0.2, 0.25) is 0 Å². The molecule has 0 bridgehead atoms. The number of benzene rings is 1. The molecule has 106 valence electrons. The van der Waals surface area contributed by atoms with Gasteiger partial charge in [0.1, 0.15) is 11.9 Å². The number of nitrogens with one attached hydrogen (secondary N) is 1. The van der Waals surface area contributed by atoms with Gasteiger partial charge in [0.15, 0.2) is 0 Å². The fourth-order valence-electron chi connectivity index (χ4n) is 2.56. The lowest BCUT2D eigenvalue weighted by Crippen LogP contribution is -2.33. The third kappa shape index (κ3) is 2.41. The molecule has 0 aliphatic carbocycles. The van der Waals surface area contributed by atoms with E-state index in [9.17, 15) is 4.79 Å². The summed E-state index contributed by atoms with van der Waals surface area (Å²) in [5.41, 5.74) is 3.13. The summed E-state index contributed by atoms with van der Waals surface area (Å²) in [5.74, 6) is 0.973. The Morgan fingerprint density at radius 2 is 2.40 bits per heavy atom. The highest BCUT2D eigenvalue weighted by Crippen LogP contribution is 2.17. The number of carbonyl (C=O) groups is 1. The molecule has 1 aliphatic heterocycles. The van der Waals surface area contributed by atoms with Crippen molar-refractivity contribution in [3.05, 3.63) is 29.6 Å². The van der Waals surface area contributed by atoms with Gasteiger partial charge in [0, 0.05) is 20.2 Å². The molecule has 3 rings (SSSR count). The molecule has 1 aromatic carbocycles. The molecular formula is C15H19N3O2. The number of hydrogen-bond donors (Lipinski definition) is 1. The van der Waals surface area contributed by atoms with Gasteiger partial charge in [0.05, 0.1) is 11.0 Å². The number of carbonyl (C=O) groups excluding carboxylic acids is 1. The maximum absolute atomic E-state index is 11.9. The number of hydrogen-bond acceptors (Lipinski definition) is 3. The van der Waals surface area contributed by atoms with Gasteiger partial charge in [0.2, 0.25) is 5.91 Å². The highest BCUT2D eigenvalue weighted by atomic mass is 16.5. The van der Waals surface area contributed by atoms with Crippen molar-refractivity contribution in [2.45, 2.75) is 32.4 Å². The zero-order chi connectivity index (χ0) is 14.1. The summed E-state index contributed by atoms with van der Waals surface area (Å²) in [5, 5.41) is 2.93. The Kier molecular flexibility index (Phi) is 3.44. The van der Waals surface area contributed by atoms with Crippen LogP contribution in [0, 0.1) is 6.92 Å². The van der Waals surface area contributed by atoms with E-state index >= 15 is 0 Å². The SMILES string of the molecule is Cc1nc2cc(CNC(=O)C3CCCO3)ccc2n1C. The van der Waals surface area contributed by atoms with Crippen LogP contribution in [0.25, 0.3) is 11.0 Å². The van der Waals surface area contributed by atoms with Gasteiger partial charge in [-0.15, -0.1) is 0 Å². The van der Waals surface area contributed by atoms with Gasteiger partial charge in [0.25, 0.3) is 0 Å². The standard InChI is InChI=1S/C15H19N3O2/c1-10-17-12-8-11(5-6-13(12)18(10)2)9-16-15(19)14-4-3-7-20-14/h5-6,8,14H,3-4,7,9H2,1-2H3,(H,16,19). The van der Waals surface area contributed by atoms with Crippen molar-refractivity contribution < 1.29 is 9.53 Å². The van der Waals surface area contributed by atoms with Crippen molar-refractivity contribution in [3.63, 3.8) is 0 Å². The number of aryl methyl sites for hydroxylation is 2. The second-order valence-electron chi connectivity index (χ2n) is 5.26. The van der Waals surface area contributed by atoms with Crippen molar-refractivity contribution in [3.8, 4) is 0 Å². The summed E-state index contributed by atoms with van der Waals surface area (Å²) in [6.45, 7) is 3.19. The van der Waals surface area contributed by atoms with Crippen LogP contribution in [-0.4, -0.2) is 28.2 Å². The second-order valence-corrected chi connectivity index (χ2v) is 5.26. The summed E-state index contributed by atoms with van der Waals surface area (Å²) in [6, 6.07) is 6.10. The molecule has 1 amide bonds. The highest BCUT2D eigenvalue weighted by molar-refractivity contribution is 5.81. The van der Waals surface area contributed by atoms with Gasteiger partial charge < -0.3 is 14.6 Å². The predicted octanol–water partition coefficient (Wildman–Crippen LogP) is 1.68. The van der Waals surface area contributed by atoms with Crippen LogP contribution in [0.5, 0.6) is 0 Å². The van der Waals surface area contributed by atoms with E-state index < -0.39 is 0 Å². The van der Waals surface area contributed by atoms with Crippen LogP contribution in [0.3, 0.4) is 0 Å². The van der Waals surface area contributed by atoms with Gasteiger partial charge >= 0.3 is 0 Å². The zero-order valence-electron chi connectivity index (χ0n) is 11.8. The van der Waals surface area contributed by atoms with Crippen molar-refractivity contribution in [1.29, 1.82) is 0 Å². The maximum Gasteiger partial charge on any atom is 0.249 e. The van der Waals surface area contributed by atoms with Crippen molar-refractivity contribution in [2.24, 2.45) is 7.05 Å². The first kappa shape index (κ1) is 13.1. The Labute approximate surface area is 117 Å². The quantitative estimate of drug-likeness (QED) is 0.925. The Hall–Kier alpha value is -1.88. The molecule has 1 atom stereocenters. The number of fused-ring (bicyclic) bond motifs is 1. The molecule has 1 aromatic heterocycles. The molecule has 1 unspecified atom stereocenters. The van der Waals surface area contributed by atoms with Crippen LogP contribution in [-0.2, 0) is 23.1 Å². The lowest BCUT2D eigenvalue weighted by molar-refractivity contribution is -0.130. The zero-order valence-corrected chi connectivity index (χ0v) is 11.8. The van der Waals surface area contributed by atoms with Gasteiger partial charge in [-0.3, -0.25) is 4.79 Å². The molecule has 1 saturated heterocycles. The molecule has 20 heavy (non-hydrogen) atoms. The second kappa shape index (κ2) is 5.25. The summed E-state index contributed by atoms with van der Waals surface area (Å²) in [7, 11) is 2.00. The average Bonchev–Trinajstić information content (AvgIpc) is 3.06. The fourth-order valence-corrected chi connectivity index (χ4v) is 2.56. The fraction of sp³-hybridized carbons (Fsp3) is 0.467. The van der Waals surface area contributed by atoms with E-state index in [-0.39, 0.29) is 12.0 Å². The minimum absolute atomic E-state index is 0.0141. The van der Waals surface area contributed by atoms with E-state index in [4.69, 9.17) is 4.74 Å². The molecule has 2 heterocycles. The minimum Gasteiger partial charge on any atom is -0.368 e. The highest BCUT2D eigenvalue weighted by Gasteiger charge is 2.23. The number of rotatable bonds is 3. The largest absolute Gasteiger partial charge is 0.368 e. The Balaban J connectivity index is 1.69. The average molecular weight is 273 g/mol. The number of nitrogens with zero attached hydrogens (tertiary/aromatic N) is 2. The van der Waals surface area contributed by atoms with E-state index in [0.717, 1.165) is 35.3 Å². The number of imidazole rings is 1. The Morgan fingerprint density at radius 3 is 3.15 bits per heavy atom. The molecule has 1 aliphatic rings. The molecule has 0 radical (unpaired) electrons. The normalized spacial score (nSPS) is 18.6. The molecule has 0 saturated carbocycles. The lowest BCUT2D eigenvalue weighted by atomic mass is 10.2. The summed E-state index contributed by atoms with van der Waals surface area (Å²) < 4.78 is 7.42. The van der Waals surface area contributed by atoms with Gasteiger partial charge in [-0.2, -0.15) is 0 Å². The topological polar surface area (TPSA) is 56.1 Å². The number of aromatic nitrogens is 2. The van der Waals surface area contributed by atoms with Crippen LogP contribution >= 0.6 is 0 Å². The molecule has 1 N–H and O–H groups in total. The van der Waals surface area contributed by atoms with Crippen LogP contribution in [0.1, 0.15) is 24.2 Å². The first-order valence-electron chi connectivity index (χ1n) is 6.96. The van der Waals surface area contributed by atoms with E-state index in [1.54, 1.807) is 0 Å². The van der Waals surface area contributed by atoms with Gasteiger partial charge in [-0.1, -0.05) is 6.07 Å². The van der Waals surface area contributed by atoms with Crippen molar-refractivity contribution >= 4 is 16.9 Å². The first-order valence-corrected chi connectivity index (χ1v) is 6.96. The molecule has 0 spiro atoms. The van der Waals surface area contributed by atoms with E-state index in [0.29, 0.717) is 13.2 Å². The third-order valence-electron chi connectivity index (χ3n) is 3.86. The van der Waals surface area contributed by atoms with Crippen LogP contribution in [0.4, 0.5) is 0 Å². The minimum atomic E-state index is -0.268. The molecule has 1 fully saturated rings. The maximum atomic E-state index is 11.9. The molecule has 2 aromatic rings. The number of ether oxygens (including phenoxy) is 1. The van der Waals surface area contributed by atoms with Crippen molar-refractivity contribution in [2.75, 3.05) is 6.61 Å². The predicted molar refractivity (Wildman–Crippen MR) is 76.3 cm³/mol. The van der Waals surface area contributed by atoms with Crippen LogP contribution in [0.15, 0.2) is 18.2 Å². The molecule has 5 heteroatoms. The van der Waals surface area contributed by atoms with Gasteiger partial charge in [-0.25, -0.2) is 4.98 Å². The summed E-state index contributed by atoms with van der Waals surface area (Å²) in [6.07, 6.45) is 1.53. The summed E-state index contributed by atoms with van der Waals surface area (Å²) in [4.78, 5) is 16.4. The first-order chi connectivity index (χ1) is 9.65. The third-order valence-corrected chi connectivity index (χ3v) is 3.86. The lowest BCUT2D eigenvalue weighted by Gasteiger charge is -2.10. The monoisotopic (exact) mass is 273 g/mol. The van der Waals surface area contributed by atoms with Crippen molar-refractivity contribution in [1.82, 2.24) is 14.9 Å². The van der Waals surface area contributed by atoms with E-state index in [1.165, 1.54) is 0 Å². The van der Waals surface area contributed by atoms with Gasteiger partial charge in [-0.05, 0) is 37.5 Å². The van der Waals surface area contributed by atoms with Crippen LogP contribution < -0.4 is 5.32 Å². The summed E-state index contributed by atoms with van der Waals surface area (Å²) >= 11 is 0. The Morgan fingerprint density at radius 1 is 1.55 bits per heavy atom. The number of amides is 1. The van der Waals surface area contributed by atoms with E-state index in [1.807, 2.05) is 32.2 Å².